The lowest BCUT2D eigenvalue weighted by Crippen LogP contribution is -2.57. The Balaban J connectivity index is 1.86. The van der Waals surface area contributed by atoms with Crippen LogP contribution in [0.1, 0.15) is 47.0 Å². The van der Waals surface area contributed by atoms with Gasteiger partial charge in [-0.15, -0.1) is 0 Å². The molecule has 0 aromatic rings. The molecule has 0 aliphatic carbocycles. The van der Waals surface area contributed by atoms with E-state index in [1.54, 1.807) is 0 Å². The summed E-state index contributed by atoms with van der Waals surface area (Å²) in [6, 6.07) is 0. The molecule has 0 aromatic heterocycles. The lowest BCUT2D eigenvalue weighted by Gasteiger charge is -2.38. The average molecular weight is 353 g/mol. The minimum absolute atomic E-state index is 0.00908. The number of carbonyl (C=O) groups excluding carboxylic acids is 2. The smallest absolute Gasteiger partial charge is 0.245 e. The Morgan fingerprint density at radius 1 is 1.16 bits per heavy atom. The van der Waals surface area contributed by atoms with E-state index in [2.05, 4.69) is 35.9 Å². The second kappa shape index (κ2) is 8.99. The Morgan fingerprint density at radius 3 is 2.40 bits per heavy atom. The van der Waals surface area contributed by atoms with E-state index in [1.807, 2.05) is 11.8 Å². The van der Waals surface area contributed by atoms with Gasteiger partial charge in [0.15, 0.2) is 0 Å². The molecule has 0 radical (unpaired) electrons. The van der Waals surface area contributed by atoms with Gasteiger partial charge in [-0.3, -0.25) is 14.5 Å². The van der Waals surface area contributed by atoms with Gasteiger partial charge >= 0.3 is 0 Å². The van der Waals surface area contributed by atoms with Crippen LogP contribution < -0.4 is 5.32 Å². The minimum Gasteiger partial charge on any atom is -0.354 e. The van der Waals surface area contributed by atoms with E-state index >= 15 is 0 Å². The van der Waals surface area contributed by atoms with Crippen LogP contribution in [0.4, 0.5) is 0 Å². The maximum atomic E-state index is 12.7. The molecular weight excluding hydrogens is 316 g/mol. The fourth-order valence-corrected chi connectivity index (χ4v) is 3.74. The molecule has 2 aliphatic rings. The molecule has 6 nitrogen and oxygen atoms in total. The summed E-state index contributed by atoms with van der Waals surface area (Å²) in [6.45, 7) is 16.0. The summed E-state index contributed by atoms with van der Waals surface area (Å²) in [5, 5.41) is 3.05. The second-order valence-electron chi connectivity index (χ2n) is 8.03. The molecule has 25 heavy (non-hydrogen) atoms. The van der Waals surface area contributed by atoms with Crippen molar-refractivity contribution in [1.29, 1.82) is 0 Å². The van der Waals surface area contributed by atoms with Crippen LogP contribution in [0.3, 0.4) is 0 Å². The number of likely N-dealkylation sites (N-methyl/N-ethyl adjacent to an activating group) is 1. The fourth-order valence-electron chi connectivity index (χ4n) is 3.74. The number of nitrogens with one attached hydrogen (secondary N) is 1. The van der Waals surface area contributed by atoms with Crippen molar-refractivity contribution >= 4 is 11.8 Å². The van der Waals surface area contributed by atoms with Gasteiger partial charge in [0.25, 0.3) is 0 Å². The highest BCUT2D eigenvalue weighted by Gasteiger charge is 2.46. The Morgan fingerprint density at radius 2 is 1.80 bits per heavy atom. The second-order valence-corrected chi connectivity index (χ2v) is 8.03. The van der Waals surface area contributed by atoms with Crippen molar-refractivity contribution in [2.24, 2.45) is 5.92 Å². The Hall–Kier alpha value is -1.14. The highest BCUT2D eigenvalue weighted by Crippen LogP contribution is 2.30. The van der Waals surface area contributed by atoms with Crippen molar-refractivity contribution in [3.63, 3.8) is 0 Å². The van der Waals surface area contributed by atoms with Gasteiger partial charge in [-0.05, 0) is 32.2 Å². The summed E-state index contributed by atoms with van der Waals surface area (Å²) >= 11 is 0. The standard InChI is InChI=1S/C19H36N4O2/c1-5-21-10-12-22(13-11-21)14-15-23-17(24)6-8-19(23,4)18(25)20-9-7-16(2)3/h16H,5-15H2,1-4H3,(H,20,25)/t19-/m0/s1. The molecular formula is C19H36N4O2. The molecule has 1 N–H and O–H groups in total. The third-order valence-electron chi connectivity index (χ3n) is 5.77. The van der Waals surface area contributed by atoms with Crippen LogP contribution in [0.15, 0.2) is 0 Å². The van der Waals surface area contributed by atoms with Crippen LogP contribution >= 0.6 is 0 Å². The Labute approximate surface area is 152 Å². The number of carbonyl (C=O) groups is 2. The lowest BCUT2D eigenvalue weighted by molar-refractivity contribution is -0.140. The normalized spacial score (nSPS) is 25.8. The van der Waals surface area contributed by atoms with Crippen LogP contribution in [-0.2, 0) is 9.59 Å². The van der Waals surface area contributed by atoms with Crippen molar-refractivity contribution in [3.05, 3.63) is 0 Å². The van der Waals surface area contributed by atoms with E-state index in [0.29, 0.717) is 31.8 Å². The predicted molar refractivity (Wildman–Crippen MR) is 100 cm³/mol. The molecule has 2 aliphatic heterocycles. The first-order valence-electron chi connectivity index (χ1n) is 9.90. The van der Waals surface area contributed by atoms with Crippen molar-refractivity contribution in [2.45, 2.75) is 52.5 Å². The number of hydrogen-bond donors (Lipinski definition) is 1. The van der Waals surface area contributed by atoms with Crippen molar-refractivity contribution in [2.75, 3.05) is 52.4 Å². The first kappa shape index (κ1) is 20.2. The fraction of sp³-hybridized carbons (Fsp3) is 0.895. The molecule has 2 rings (SSSR count). The molecule has 2 fully saturated rings. The SMILES string of the molecule is CCN1CCN(CCN2C(=O)CC[C@@]2(C)C(=O)NCCC(C)C)CC1. The van der Waals surface area contributed by atoms with Crippen LogP contribution in [-0.4, -0.2) is 84.4 Å². The van der Waals surface area contributed by atoms with Gasteiger partial charge in [0, 0.05) is 52.2 Å². The number of rotatable bonds is 8. The Kier molecular flexibility index (Phi) is 7.25. The van der Waals surface area contributed by atoms with Gasteiger partial charge in [-0.1, -0.05) is 20.8 Å². The summed E-state index contributed by atoms with van der Waals surface area (Å²) in [4.78, 5) is 31.8. The van der Waals surface area contributed by atoms with E-state index in [-0.39, 0.29) is 11.8 Å². The zero-order valence-corrected chi connectivity index (χ0v) is 16.5. The number of piperazine rings is 1. The molecule has 0 spiro atoms. The predicted octanol–water partition coefficient (Wildman–Crippen LogP) is 1.17. The van der Waals surface area contributed by atoms with E-state index in [1.165, 1.54) is 0 Å². The van der Waals surface area contributed by atoms with Crippen LogP contribution in [0.5, 0.6) is 0 Å². The van der Waals surface area contributed by atoms with E-state index < -0.39 is 5.54 Å². The van der Waals surface area contributed by atoms with E-state index in [4.69, 9.17) is 0 Å². The molecule has 6 heteroatoms. The highest BCUT2D eigenvalue weighted by atomic mass is 16.2. The zero-order chi connectivity index (χ0) is 18.4. The van der Waals surface area contributed by atoms with Gasteiger partial charge in [0.05, 0.1) is 0 Å². The number of amides is 2. The average Bonchev–Trinajstić information content (AvgIpc) is 2.89. The molecule has 144 valence electrons. The first-order valence-corrected chi connectivity index (χ1v) is 9.90. The lowest BCUT2D eigenvalue weighted by atomic mass is 9.97. The maximum absolute atomic E-state index is 12.7. The molecule has 2 heterocycles. The monoisotopic (exact) mass is 352 g/mol. The summed E-state index contributed by atoms with van der Waals surface area (Å²) in [7, 11) is 0. The van der Waals surface area contributed by atoms with Crippen LogP contribution in [0, 0.1) is 5.92 Å². The largest absolute Gasteiger partial charge is 0.354 e. The molecule has 0 bridgehead atoms. The zero-order valence-electron chi connectivity index (χ0n) is 16.5. The number of likely N-dealkylation sites (tertiary alicyclic amines) is 1. The van der Waals surface area contributed by atoms with Crippen molar-refractivity contribution in [1.82, 2.24) is 20.0 Å². The molecule has 0 saturated carbocycles. The molecule has 0 unspecified atom stereocenters. The first-order chi connectivity index (χ1) is 11.9. The summed E-state index contributed by atoms with van der Waals surface area (Å²) < 4.78 is 0. The van der Waals surface area contributed by atoms with Crippen molar-refractivity contribution < 1.29 is 9.59 Å². The van der Waals surface area contributed by atoms with Gasteiger partial charge in [0.1, 0.15) is 5.54 Å². The van der Waals surface area contributed by atoms with Crippen LogP contribution in [0.25, 0.3) is 0 Å². The number of hydrogen-bond acceptors (Lipinski definition) is 4. The minimum atomic E-state index is -0.681. The third-order valence-corrected chi connectivity index (χ3v) is 5.77. The highest BCUT2D eigenvalue weighted by molar-refractivity contribution is 5.94. The van der Waals surface area contributed by atoms with Gasteiger partial charge in [-0.2, -0.15) is 0 Å². The topological polar surface area (TPSA) is 55.9 Å². The van der Waals surface area contributed by atoms with E-state index in [0.717, 1.165) is 45.7 Å². The third kappa shape index (κ3) is 5.17. The number of nitrogens with zero attached hydrogens (tertiary/aromatic N) is 3. The van der Waals surface area contributed by atoms with E-state index in [9.17, 15) is 9.59 Å². The summed E-state index contributed by atoms with van der Waals surface area (Å²) in [5.74, 6) is 0.694. The molecule has 2 amide bonds. The quantitative estimate of drug-likeness (QED) is 0.712. The van der Waals surface area contributed by atoms with Gasteiger partial charge < -0.3 is 15.1 Å². The molecule has 0 aromatic carbocycles. The van der Waals surface area contributed by atoms with Crippen molar-refractivity contribution in [3.8, 4) is 0 Å². The molecule has 2 saturated heterocycles. The van der Waals surface area contributed by atoms with Gasteiger partial charge in [0.2, 0.25) is 11.8 Å². The maximum Gasteiger partial charge on any atom is 0.245 e. The van der Waals surface area contributed by atoms with Gasteiger partial charge in [-0.25, -0.2) is 0 Å². The summed E-state index contributed by atoms with van der Waals surface area (Å²) in [6.07, 6.45) is 2.08. The summed E-state index contributed by atoms with van der Waals surface area (Å²) in [5.41, 5.74) is -0.681. The molecule has 1 atom stereocenters. The van der Waals surface area contributed by atoms with Crippen LogP contribution in [0.2, 0.25) is 0 Å². The Bertz CT molecular complexity index is 460.